The minimum atomic E-state index is -0.377. The maximum absolute atomic E-state index is 10.2. The van der Waals surface area contributed by atoms with E-state index in [0.717, 1.165) is 23.5 Å². The van der Waals surface area contributed by atoms with Crippen LogP contribution in [0.1, 0.15) is 95.9 Å². The van der Waals surface area contributed by atoms with Crippen molar-refractivity contribution in [3.63, 3.8) is 0 Å². The molecule has 0 saturated carbocycles. The molecular formula is C17H31NOS. The summed E-state index contributed by atoms with van der Waals surface area (Å²) in [5.41, 5.74) is 0.952. The van der Waals surface area contributed by atoms with Gasteiger partial charge in [-0.25, -0.2) is 4.98 Å². The van der Waals surface area contributed by atoms with Gasteiger partial charge in [0, 0.05) is 10.8 Å². The summed E-state index contributed by atoms with van der Waals surface area (Å²) in [5.74, 6) is 0. The molecule has 0 aliphatic heterocycles. The van der Waals surface area contributed by atoms with Crippen LogP contribution in [0.25, 0.3) is 0 Å². The number of unbranched alkanes of at least 4 members (excludes halogenated alkanes) is 6. The quantitative estimate of drug-likeness (QED) is 0.600. The molecule has 1 N–H and O–H groups in total. The number of hydrogen-bond acceptors (Lipinski definition) is 3. The van der Waals surface area contributed by atoms with Crippen LogP contribution in [0.3, 0.4) is 0 Å². The highest BCUT2D eigenvalue weighted by molar-refractivity contribution is 7.09. The van der Waals surface area contributed by atoms with Gasteiger partial charge in [-0.05, 0) is 6.42 Å². The van der Waals surface area contributed by atoms with Crippen molar-refractivity contribution in [2.24, 2.45) is 0 Å². The first-order valence-electron chi connectivity index (χ1n) is 8.09. The summed E-state index contributed by atoms with van der Waals surface area (Å²) >= 11 is 1.67. The van der Waals surface area contributed by atoms with Crippen molar-refractivity contribution in [3.8, 4) is 0 Å². The van der Waals surface area contributed by atoms with Crippen LogP contribution in [-0.2, 0) is 5.41 Å². The third-order valence-electron chi connectivity index (χ3n) is 3.59. The van der Waals surface area contributed by atoms with Gasteiger partial charge in [0.05, 0.1) is 16.8 Å². The van der Waals surface area contributed by atoms with E-state index in [2.05, 4.69) is 32.7 Å². The minimum Gasteiger partial charge on any atom is -0.387 e. The lowest BCUT2D eigenvalue weighted by Crippen LogP contribution is -2.11. The molecule has 1 rings (SSSR count). The maximum Gasteiger partial charge on any atom is 0.0983 e. The van der Waals surface area contributed by atoms with Gasteiger partial charge in [-0.1, -0.05) is 72.6 Å². The van der Waals surface area contributed by atoms with Gasteiger partial charge in [0.2, 0.25) is 0 Å². The van der Waals surface area contributed by atoms with Gasteiger partial charge < -0.3 is 5.11 Å². The van der Waals surface area contributed by atoms with Crippen molar-refractivity contribution in [1.29, 1.82) is 0 Å². The van der Waals surface area contributed by atoms with Crippen LogP contribution >= 0.6 is 11.3 Å². The molecule has 0 aliphatic carbocycles. The van der Waals surface area contributed by atoms with Crippen LogP contribution in [0, 0.1) is 0 Å². The van der Waals surface area contributed by atoms with Crippen molar-refractivity contribution in [2.75, 3.05) is 0 Å². The molecule has 0 saturated heterocycles. The molecule has 0 radical (unpaired) electrons. The number of rotatable bonds is 9. The first kappa shape index (κ1) is 17.6. The Labute approximate surface area is 128 Å². The van der Waals surface area contributed by atoms with Crippen molar-refractivity contribution < 1.29 is 5.11 Å². The van der Waals surface area contributed by atoms with E-state index in [1.807, 2.05) is 5.38 Å². The zero-order valence-electron chi connectivity index (χ0n) is 13.6. The van der Waals surface area contributed by atoms with Gasteiger partial charge in [-0.3, -0.25) is 0 Å². The fraction of sp³-hybridized carbons (Fsp3) is 0.824. The van der Waals surface area contributed by atoms with E-state index in [9.17, 15) is 5.11 Å². The number of thiazole rings is 1. The largest absolute Gasteiger partial charge is 0.387 e. The van der Waals surface area contributed by atoms with Crippen molar-refractivity contribution in [1.82, 2.24) is 4.98 Å². The second-order valence-corrected chi connectivity index (χ2v) is 7.61. The minimum absolute atomic E-state index is 0.0852. The molecule has 0 spiro atoms. The Kier molecular flexibility index (Phi) is 7.75. The SMILES string of the molecule is CCCCCCCCCC(O)c1csc(C(C)(C)C)n1. The Balaban J connectivity index is 2.22. The second kappa shape index (κ2) is 8.78. The van der Waals surface area contributed by atoms with E-state index in [-0.39, 0.29) is 11.5 Å². The number of nitrogens with zero attached hydrogens (tertiary/aromatic N) is 1. The topological polar surface area (TPSA) is 33.1 Å². The molecule has 0 fully saturated rings. The van der Waals surface area contributed by atoms with Crippen LogP contribution in [-0.4, -0.2) is 10.1 Å². The lowest BCUT2D eigenvalue weighted by atomic mass is 9.98. The van der Waals surface area contributed by atoms with Gasteiger partial charge in [0.15, 0.2) is 0 Å². The fourth-order valence-electron chi connectivity index (χ4n) is 2.23. The molecular weight excluding hydrogens is 266 g/mol. The monoisotopic (exact) mass is 297 g/mol. The Hall–Kier alpha value is -0.410. The average Bonchev–Trinajstić information content (AvgIpc) is 2.87. The third-order valence-corrected chi connectivity index (χ3v) is 4.87. The molecule has 0 bridgehead atoms. The summed E-state index contributed by atoms with van der Waals surface area (Å²) in [7, 11) is 0. The zero-order chi connectivity index (χ0) is 15.0. The smallest absolute Gasteiger partial charge is 0.0983 e. The highest BCUT2D eigenvalue weighted by atomic mass is 32.1. The van der Waals surface area contributed by atoms with E-state index < -0.39 is 0 Å². The molecule has 2 nitrogen and oxygen atoms in total. The molecule has 1 aromatic rings. The van der Waals surface area contributed by atoms with E-state index in [1.165, 1.54) is 38.5 Å². The number of aliphatic hydroxyl groups excluding tert-OH is 1. The number of aromatic nitrogens is 1. The van der Waals surface area contributed by atoms with Crippen LogP contribution in [0.4, 0.5) is 0 Å². The molecule has 1 atom stereocenters. The van der Waals surface area contributed by atoms with E-state index in [1.54, 1.807) is 11.3 Å². The summed E-state index contributed by atoms with van der Waals surface area (Å²) in [4.78, 5) is 4.59. The Bertz CT molecular complexity index is 367. The molecule has 0 aromatic carbocycles. The van der Waals surface area contributed by atoms with E-state index >= 15 is 0 Å². The predicted octanol–water partition coefficient (Wildman–Crippen LogP) is 5.61. The molecule has 0 amide bonds. The molecule has 0 aliphatic rings. The third kappa shape index (κ3) is 6.36. The summed E-state index contributed by atoms with van der Waals surface area (Å²) in [6.45, 7) is 8.74. The van der Waals surface area contributed by atoms with Gasteiger partial charge in [-0.2, -0.15) is 0 Å². The van der Waals surface area contributed by atoms with Gasteiger partial charge in [-0.15, -0.1) is 11.3 Å². The van der Waals surface area contributed by atoms with E-state index in [0.29, 0.717) is 0 Å². The van der Waals surface area contributed by atoms with E-state index in [4.69, 9.17) is 0 Å². The molecule has 1 heterocycles. The normalized spacial score (nSPS) is 13.7. The lowest BCUT2D eigenvalue weighted by Gasteiger charge is -2.14. The molecule has 20 heavy (non-hydrogen) atoms. The molecule has 3 heteroatoms. The summed E-state index contributed by atoms with van der Waals surface area (Å²) in [5, 5.41) is 13.3. The first-order chi connectivity index (χ1) is 9.45. The summed E-state index contributed by atoms with van der Waals surface area (Å²) in [6.07, 6.45) is 9.48. The lowest BCUT2D eigenvalue weighted by molar-refractivity contribution is 0.159. The van der Waals surface area contributed by atoms with Crippen molar-refractivity contribution in [3.05, 3.63) is 16.1 Å². The van der Waals surface area contributed by atoms with Crippen LogP contribution in [0.2, 0.25) is 0 Å². The summed E-state index contributed by atoms with van der Waals surface area (Å²) in [6, 6.07) is 0. The highest BCUT2D eigenvalue weighted by Crippen LogP contribution is 2.29. The standard InChI is InChI=1S/C17H31NOS/c1-5-6-7-8-9-10-11-12-15(19)14-13-20-16(18-14)17(2,3)4/h13,15,19H,5-12H2,1-4H3. The van der Waals surface area contributed by atoms with Crippen LogP contribution in [0.5, 0.6) is 0 Å². The van der Waals surface area contributed by atoms with Crippen molar-refractivity contribution in [2.45, 2.75) is 90.6 Å². The zero-order valence-corrected chi connectivity index (χ0v) is 14.4. The molecule has 116 valence electrons. The fourth-order valence-corrected chi connectivity index (χ4v) is 3.18. The van der Waals surface area contributed by atoms with Crippen LogP contribution < -0.4 is 0 Å². The van der Waals surface area contributed by atoms with Crippen LogP contribution in [0.15, 0.2) is 5.38 Å². The van der Waals surface area contributed by atoms with Gasteiger partial charge in [0.1, 0.15) is 0 Å². The number of aliphatic hydroxyl groups is 1. The summed E-state index contributed by atoms with van der Waals surface area (Å²) < 4.78 is 0. The average molecular weight is 298 g/mol. The van der Waals surface area contributed by atoms with Gasteiger partial charge in [0.25, 0.3) is 0 Å². The van der Waals surface area contributed by atoms with Crippen molar-refractivity contribution >= 4 is 11.3 Å². The maximum atomic E-state index is 10.2. The predicted molar refractivity (Wildman–Crippen MR) is 88.4 cm³/mol. The second-order valence-electron chi connectivity index (χ2n) is 6.75. The highest BCUT2D eigenvalue weighted by Gasteiger charge is 2.20. The molecule has 1 unspecified atom stereocenters. The Morgan fingerprint density at radius 2 is 1.70 bits per heavy atom. The first-order valence-corrected chi connectivity index (χ1v) is 8.97. The number of hydrogen-bond donors (Lipinski definition) is 1. The van der Waals surface area contributed by atoms with Gasteiger partial charge >= 0.3 is 0 Å². The Morgan fingerprint density at radius 1 is 1.10 bits per heavy atom. The Morgan fingerprint density at radius 3 is 2.25 bits per heavy atom. The molecule has 1 aromatic heterocycles.